The number of amides is 1. The molecule has 14 heteroatoms. The van der Waals surface area contributed by atoms with E-state index in [2.05, 4.69) is 30.8 Å². The van der Waals surface area contributed by atoms with Gasteiger partial charge >= 0.3 is 6.55 Å². The highest BCUT2D eigenvalue weighted by molar-refractivity contribution is 6.30. The number of carbonyl (C=O) groups excluding carboxylic acids is 1. The van der Waals surface area contributed by atoms with Crippen LogP contribution >= 0.6 is 11.6 Å². The standard InChI is InChI=1S/C21H20ClF3N8O2/c1-21(2,35)17(23)9-28-19(34)13-7-26-15(16-8-27-18-3-11(22)5-30-33(16)18)4-14(13)31-12-6-29-32(10-12)20(24)25/h3-8,10,17,20,35H,9H2,1-2H3,(H,26,31)(H,28,34). The van der Waals surface area contributed by atoms with E-state index in [9.17, 15) is 23.1 Å². The third-order valence-electron chi connectivity index (χ3n) is 5.03. The summed E-state index contributed by atoms with van der Waals surface area (Å²) in [6.45, 7) is -0.735. The van der Waals surface area contributed by atoms with Crippen LogP contribution in [0.4, 0.5) is 24.5 Å². The molecule has 4 aromatic heterocycles. The van der Waals surface area contributed by atoms with E-state index in [-0.39, 0.29) is 16.9 Å². The first kappa shape index (κ1) is 24.4. The molecular weight excluding hydrogens is 489 g/mol. The van der Waals surface area contributed by atoms with Gasteiger partial charge in [-0.2, -0.15) is 19.0 Å². The molecule has 10 nitrogen and oxygen atoms in total. The Morgan fingerprint density at radius 3 is 2.60 bits per heavy atom. The van der Waals surface area contributed by atoms with Crippen molar-refractivity contribution in [2.24, 2.45) is 0 Å². The zero-order chi connectivity index (χ0) is 25.3. The number of fused-ring (bicyclic) bond motifs is 1. The van der Waals surface area contributed by atoms with E-state index in [1.807, 2.05) is 0 Å². The summed E-state index contributed by atoms with van der Waals surface area (Å²) in [5.41, 5.74) is 0.00609. The third kappa shape index (κ3) is 5.35. The fraction of sp³-hybridized carbons (Fsp3) is 0.286. The minimum atomic E-state index is -2.85. The van der Waals surface area contributed by atoms with E-state index in [0.717, 1.165) is 12.4 Å². The van der Waals surface area contributed by atoms with E-state index >= 15 is 0 Å². The van der Waals surface area contributed by atoms with Gasteiger partial charge in [-0.3, -0.25) is 9.78 Å². The Balaban J connectivity index is 1.70. The average molecular weight is 509 g/mol. The van der Waals surface area contributed by atoms with Crippen LogP contribution in [0, 0.1) is 0 Å². The number of imidazole rings is 1. The highest BCUT2D eigenvalue weighted by atomic mass is 35.5. The van der Waals surface area contributed by atoms with Crippen LogP contribution < -0.4 is 10.6 Å². The average Bonchev–Trinajstić information content (AvgIpc) is 3.43. The summed E-state index contributed by atoms with van der Waals surface area (Å²) in [6.07, 6.45) is 4.69. The van der Waals surface area contributed by atoms with E-state index in [1.165, 1.54) is 43.0 Å². The number of nitrogens with zero attached hydrogens (tertiary/aromatic N) is 6. The summed E-state index contributed by atoms with van der Waals surface area (Å²) >= 11 is 5.96. The summed E-state index contributed by atoms with van der Waals surface area (Å²) in [7, 11) is 0. The van der Waals surface area contributed by atoms with Gasteiger partial charge in [-0.05, 0) is 19.9 Å². The summed E-state index contributed by atoms with van der Waals surface area (Å²) in [5, 5.41) is 23.2. The Labute approximate surface area is 201 Å². The molecule has 0 aliphatic carbocycles. The maximum atomic E-state index is 14.1. The van der Waals surface area contributed by atoms with E-state index < -0.39 is 30.8 Å². The number of aliphatic hydroxyl groups is 1. The van der Waals surface area contributed by atoms with Crippen LogP contribution in [0.1, 0.15) is 30.8 Å². The van der Waals surface area contributed by atoms with E-state index in [1.54, 1.807) is 6.07 Å². The Morgan fingerprint density at radius 2 is 1.91 bits per heavy atom. The van der Waals surface area contributed by atoms with Crippen LogP contribution in [0.15, 0.2) is 43.1 Å². The van der Waals surface area contributed by atoms with Gasteiger partial charge in [0.05, 0.1) is 64.6 Å². The van der Waals surface area contributed by atoms with Crippen LogP contribution in [0.25, 0.3) is 17.0 Å². The van der Waals surface area contributed by atoms with E-state index in [0.29, 0.717) is 26.7 Å². The predicted molar refractivity (Wildman–Crippen MR) is 122 cm³/mol. The lowest BCUT2D eigenvalue weighted by Crippen LogP contribution is -2.42. The molecule has 1 atom stereocenters. The highest BCUT2D eigenvalue weighted by Gasteiger charge is 2.27. The molecule has 0 saturated heterocycles. The van der Waals surface area contributed by atoms with Crippen molar-refractivity contribution in [3.8, 4) is 11.4 Å². The Hall–Kier alpha value is -3.71. The molecule has 35 heavy (non-hydrogen) atoms. The second-order valence-electron chi connectivity index (χ2n) is 8.15. The van der Waals surface area contributed by atoms with Crippen molar-refractivity contribution < 1.29 is 23.1 Å². The third-order valence-corrected chi connectivity index (χ3v) is 5.23. The first-order valence-electron chi connectivity index (χ1n) is 10.3. The lowest BCUT2D eigenvalue weighted by Gasteiger charge is -2.22. The Morgan fingerprint density at radius 1 is 1.14 bits per heavy atom. The molecule has 4 heterocycles. The lowest BCUT2D eigenvalue weighted by atomic mass is 10.0. The van der Waals surface area contributed by atoms with Gasteiger partial charge in [0.1, 0.15) is 11.9 Å². The SMILES string of the molecule is CC(C)(O)C(F)CNC(=O)c1cnc(-c2cnc3cc(Cl)cnn23)cc1Nc1cnn(C(F)F)c1. The fourth-order valence-corrected chi connectivity index (χ4v) is 3.24. The van der Waals surface area contributed by atoms with Crippen molar-refractivity contribution >= 4 is 34.5 Å². The van der Waals surface area contributed by atoms with Gasteiger partial charge in [0.25, 0.3) is 5.91 Å². The Bertz CT molecular complexity index is 1370. The minimum absolute atomic E-state index is 0.00585. The molecule has 3 N–H and O–H groups in total. The van der Waals surface area contributed by atoms with Crippen LogP contribution in [0.5, 0.6) is 0 Å². The van der Waals surface area contributed by atoms with Crippen LogP contribution in [-0.4, -0.2) is 58.7 Å². The molecule has 184 valence electrons. The number of halogens is 4. The van der Waals surface area contributed by atoms with Gasteiger partial charge in [-0.1, -0.05) is 11.6 Å². The second-order valence-corrected chi connectivity index (χ2v) is 8.58. The van der Waals surface area contributed by atoms with Gasteiger partial charge in [0, 0.05) is 12.3 Å². The number of nitrogens with one attached hydrogen (secondary N) is 2. The quantitative estimate of drug-likeness (QED) is 0.332. The first-order valence-corrected chi connectivity index (χ1v) is 10.6. The summed E-state index contributed by atoms with van der Waals surface area (Å²) in [4.78, 5) is 21.4. The summed E-state index contributed by atoms with van der Waals surface area (Å²) < 4.78 is 42.0. The largest absolute Gasteiger partial charge is 0.387 e. The van der Waals surface area contributed by atoms with Gasteiger partial charge in [0.2, 0.25) is 0 Å². The topological polar surface area (TPSA) is 122 Å². The van der Waals surface area contributed by atoms with Crippen LogP contribution in [-0.2, 0) is 0 Å². The van der Waals surface area contributed by atoms with Crippen molar-refractivity contribution in [3.05, 3.63) is 53.7 Å². The second kappa shape index (κ2) is 9.50. The number of hydrogen-bond donors (Lipinski definition) is 3. The molecule has 0 spiro atoms. The maximum absolute atomic E-state index is 14.1. The smallest absolute Gasteiger partial charge is 0.333 e. The summed E-state index contributed by atoms with van der Waals surface area (Å²) in [6, 6.07) is 3.10. The molecule has 4 rings (SSSR count). The van der Waals surface area contributed by atoms with Gasteiger partial charge in [-0.15, -0.1) is 0 Å². The Kier molecular flexibility index (Phi) is 6.63. The number of hydrogen-bond acceptors (Lipinski definition) is 7. The monoisotopic (exact) mass is 508 g/mol. The molecule has 0 aliphatic heterocycles. The maximum Gasteiger partial charge on any atom is 0.333 e. The van der Waals surface area contributed by atoms with Crippen molar-refractivity contribution in [1.29, 1.82) is 0 Å². The molecule has 0 bridgehead atoms. The molecule has 1 amide bonds. The number of rotatable bonds is 8. The fourth-order valence-electron chi connectivity index (χ4n) is 3.10. The molecule has 0 aromatic carbocycles. The number of anilines is 2. The van der Waals surface area contributed by atoms with E-state index in [4.69, 9.17) is 11.6 Å². The van der Waals surface area contributed by atoms with Crippen molar-refractivity contribution in [2.75, 3.05) is 11.9 Å². The zero-order valence-electron chi connectivity index (χ0n) is 18.5. The van der Waals surface area contributed by atoms with Crippen molar-refractivity contribution in [3.63, 3.8) is 0 Å². The van der Waals surface area contributed by atoms with Crippen LogP contribution in [0.3, 0.4) is 0 Å². The van der Waals surface area contributed by atoms with Crippen LogP contribution in [0.2, 0.25) is 5.02 Å². The molecular formula is C21H20ClF3N8O2. The number of pyridine rings is 1. The molecule has 0 fully saturated rings. The molecule has 0 radical (unpaired) electrons. The predicted octanol–water partition coefficient (Wildman–Crippen LogP) is 3.62. The molecule has 4 aromatic rings. The minimum Gasteiger partial charge on any atom is -0.387 e. The molecule has 1 unspecified atom stereocenters. The van der Waals surface area contributed by atoms with Crippen molar-refractivity contribution in [2.45, 2.75) is 32.2 Å². The van der Waals surface area contributed by atoms with Gasteiger partial charge < -0.3 is 15.7 Å². The zero-order valence-corrected chi connectivity index (χ0v) is 19.2. The van der Waals surface area contributed by atoms with Gasteiger partial charge in [0.15, 0.2) is 5.65 Å². The number of carbonyl (C=O) groups is 1. The molecule has 0 saturated carbocycles. The van der Waals surface area contributed by atoms with Gasteiger partial charge in [-0.25, -0.2) is 18.6 Å². The lowest BCUT2D eigenvalue weighted by molar-refractivity contribution is -0.00177. The normalized spacial score (nSPS) is 12.8. The summed E-state index contributed by atoms with van der Waals surface area (Å²) in [5.74, 6) is -0.692. The van der Waals surface area contributed by atoms with Crippen molar-refractivity contribution in [1.82, 2.24) is 34.7 Å². The first-order chi connectivity index (χ1) is 16.5. The highest BCUT2D eigenvalue weighted by Crippen LogP contribution is 2.27. The molecule has 0 aliphatic rings. The number of aromatic nitrogens is 6. The number of alkyl halides is 3.